The number of piperidine rings is 1. The highest BCUT2D eigenvalue weighted by molar-refractivity contribution is 8.00. The van der Waals surface area contributed by atoms with Gasteiger partial charge in [0.2, 0.25) is 5.91 Å². The Morgan fingerprint density at radius 2 is 2.12 bits per heavy atom. The van der Waals surface area contributed by atoms with E-state index in [0.717, 1.165) is 5.75 Å². The molecule has 0 saturated carbocycles. The third-order valence-corrected chi connectivity index (χ3v) is 3.77. The number of amides is 1. The van der Waals surface area contributed by atoms with Crippen LogP contribution < -0.4 is 0 Å². The van der Waals surface area contributed by atoms with E-state index in [-0.39, 0.29) is 17.8 Å². The molecule has 0 unspecified atom stereocenters. The zero-order valence-corrected chi connectivity index (χ0v) is 11.0. The zero-order valence-electron chi connectivity index (χ0n) is 10.2. The lowest BCUT2D eigenvalue weighted by molar-refractivity contribution is -0.148. The van der Waals surface area contributed by atoms with Gasteiger partial charge < -0.3 is 9.64 Å². The molecule has 5 heteroatoms. The minimum absolute atomic E-state index is 0.0371. The van der Waals surface area contributed by atoms with Crippen LogP contribution in [-0.2, 0) is 14.3 Å². The Labute approximate surface area is 106 Å². The average molecular weight is 257 g/mol. The molecule has 0 aromatic rings. The van der Waals surface area contributed by atoms with Crippen LogP contribution in [0.2, 0.25) is 0 Å². The van der Waals surface area contributed by atoms with Crippen molar-refractivity contribution < 1.29 is 14.3 Å². The van der Waals surface area contributed by atoms with Gasteiger partial charge in [-0.15, -0.1) is 18.3 Å². The number of methoxy groups -OCH3 is 1. The molecule has 1 amide bonds. The first-order valence-corrected chi connectivity index (χ1v) is 6.88. The molecule has 4 nitrogen and oxygen atoms in total. The van der Waals surface area contributed by atoms with Crippen molar-refractivity contribution in [2.75, 3.05) is 31.7 Å². The number of carbonyl (C=O) groups excluding carboxylic acids is 2. The number of hydrogen-bond donors (Lipinski definition) is 0. The van der Waals surface area contributed by atoms with Crippen LogP contribution in [0.25, 0.3) is 0 Å². The lowest BCUT2D eigenvalue weighted by Crippen LogP contribution is -2.41. The highest BCUT2D eigenvalue weighted by Gasteiger charge is 2.27. The number of hydrogen-bond acceptors (Lipinski definition) is 4. The van der Waals surface area contributed by atoms with E-state index in [1.54, 1.807) is 17.8 Å². The predicted molar refractivity (Wildman–Crippen MR) is 68.8 cm³/mol. The van der Waals surface area contributed by atoms with Crippen LogP contribution in [0.3, 0.4) is 0 Å². The second-order valence-electron chi connectivity index (χ2n) is 3.98. The fourth-order valence-corrected chi connectivity index (χ4v) is 2.49. The van der Waals surface area contributed by atoms with Crippen molar-refractivity contribution in [1.29, 1.82) is 0 Å². The lowest BCUT2D eigenvalue weighted by Gasteiger charge is -2.30. The summed E-state index contributed by atoms with van der Waals surface area (Å²) >= 11 is 1.57. The molecule has 1 aliphatic rings. The van der Waals surface area contributed by atoms with Crippen LogP contribution in [0.1, 0.15) is 12.8 Å². The van der Waals surface area contributed by atoms with E-state index in [1.807, 2.05) is 4.90 Å². The van der Waals surface area contributed by atoms with Crippen molar-refractivity contribution in [1.82, 2.24) is 4.90 Å². The van der Waals surface area contributed by atoms with Crippen LogP contribution in [0.5, 0.6) is 0 Å². The van der Waals surface area contributed by atoms with Crippen LogP contribution in [0, 0.1) is 5.92 Å². The quantitative estimate of drug-likeness (QED) is 0.423. The molecule has 17 heavy (non-hydrogen) atoms. The number of rotatable bonds is 5. The Balaban J connectivity index is 2.28. The molecule has 1 heterocycles. The molecule has 1 aliphatic heterocycles. The molecule has 0 atom stereocenters. The summed E-state index contributed by atoms with van der Waals surface area (Å²) in [6.45, 7) is 4.93. The summed E-state index contributed by atoms with van der Waals surface area (Å²) in [6, 6.07) is 0. The van der Waals surface area contributed by atoms with Gasteiger partial charge in [-0.1, -0.05) is 6.08 Å². The zero-order chi connectivity index (χ0) is 12.7. The highest BCUT2D eigenvalue weighted by atomic mass is 32.2. The summed E-state index contributed by atoms with van der Waals surface area (Å²) < 4.78 is 4.71. The fraction of sp³-hybridized carbons (Fsp3) is 0.667. The standard InChI is InChI=1S/C12H19NO3S/c1-3-8-17-9-11(14)13-6-4-10(5-7-13)12(15)16-2/h3,10H,1,4-9H2,2H3. The first-order valence-electron chi connectivity index (χ1n) is 5.73. The van der Waals surface area contributed by atoms with Crippen molar-refractivity contribution in [2.45, 2.75) is 12.8 Å². The number of likely N-dealkylation sites (tertiary alicyclic amines) is 1. The number of carbonyl (C=O) groups is 2. The molecule has 0 bridgehead atoms. The Morgan fingerprint density at radius 1 is 1.47 bits per heavy atom. The minimum atomic E-state index is -0.155. The van der Waals surface area contributed by atoms with Crippen molar-refractivity contribution in [3.63, 3.8) is 0 Å². The SMILES string of the molecule is C=CCSCC(=O)N1CCC(C(=O)OC)CC1. The number of ether oxygens (including phenoxy) is 1. The molecule has 1 fully saturated rings. The van der Waals surface area contributed by atoms with Crippen molar-refractivity contribution in [2.24, 2.45) is 5.92 Å². The third kappa shape index (κ3) is 4.42. The second-order valence-corrected chi connectivity index (χ2v) is 5.01. The molecule has 0 spiro atoms. The van der Waals surface area contributed by atoms with E-state index < -0.39 is 0 Å². The molecule has 0 aromatic heterocycles. The Hall–Kier alpha value is -0.970. The van der Waals surface area contributed by atoms with Crippen LogP contribution in [0.4, 0.5) is 0 Å². The topological polar surface area (TPSA) is 46.6 Å². The van der Waals surface area contributed by atoms with Gasteiger partial charge in [-0.3, -0.25) is 9.59 Å². The summed E-state index contributed by atoms with van der Waals surface area (Å²) in [4.78, 5) is 24.9. The third-order valence-electron chi connectivity index (χ3n) is 2.84. The molecular weight excluding hydrogens is 238 g/mol. The summed E-state index contributed by atoms with van der Waals surface area (Å²) in [6.07, 6.45) is 3.22. The van der Waals surface area contributed by atoms with Gasteiger partial charge in [0.05, 0.1) is 18.8 Å². The molecule has 1 saturated heterocycles. The van der Waals surface area contributed by atoms with E-state index >= 15 is 0 Å². The summed E-state index contributed by atoms with van der Waals surface area (Å²) in [5, 5.41) is 0. The molecule has 0 radical (unpaired) electrons. The molecule has 0 aliphatic carbocycles. The number of thioether (sulfide) groups is 1. The van der Waals surface area contributed by atoms with Crippen molar-refractivity contribution >= 4 is 23.6 Å². The van der Waals surface area contributed by atoms with E-state index in [9.17, 15) is 9.59 Å². The smallest absolute Gasteiger partial charge is 0.308 e. The largest absolute Gasteiger partial charge is 0.469 e. The molecule has 0 N–H and O–H groups in total. The van der Waals surface area contributed by atoms with Crippen LogP contribution in [-0.4, -0.2) is 48.5 Å². The first kappa shape index (κ1) is 14.1. The van der Waals surface area contributed by atoms with Gasteiger partial charge in [0, 0.05) is 18.8 Å². The van der Waals surface area contributed by atoms with E-state index in [0.29, 0.717) is 31.7 Å². The van der Waals surface area contributed by atoms with Gasteiger partial charge in [-0.2, -0.15) is 0 Å². The maximum Gasteiger partial charge on any atom is 0.308 e. The van der Waals surface area contributed by atoms with Gasteiger partial charge in [0.25, 0.3) is 0 Å². The van der Waals surface area contributed by atoms with Gasteiger partial charge >= 0.3 is 5.97 Å². The molecule has 96 valence electrons. The first-order chi connectivity index (χ1) is 8.19. The van der Waals surface area contributed by atoms with E-state index in [4.69, 9.17) is 4.74 Å². The molecule has 0 aromatic carbocycles. The maximum absolute atomic E-state index is 11.8. The Morgan fingerprint density at radius 3 is 2.65 bits per heavy atom. The normalized spacial score (nSPS) is 16.6. The van der Waals surface area contributed by atoms with E-state index in [1.165, 1.54) is 7.11 Å². The number of nitrogens with zero attached hydrogens (tertiary/aromatic N) is 1. The van der Waals surface area contributed by atoms with E-state index in [2.05, 4.69) is 6.58 Å². The lowest BCUT2D eigenvalue weighted by atomic mass is 9.97. The van der Waals surface area contributed by atoms with Gasteiger partial charge in [0.15, 0.2) is 0 Å². The van der Waals surface area contributed by atoms with Gasteiger partial charge in [-0.05, 0) is 12.8 Å². The monoisotopic (exact) mass is 257 g/mol. The number of esters is 1. The van der Waals surface area contributed by atoms with Crippen LogP contribution in [0.15, 0.2) is 12.7 Å². The minimum Gasteiger partial charge on any atom is -0.469 e. The predicted octanol–water partition coefficient (Wildman–Crippen LogP) is 1.32. The highest BCUT2D eigenvalue weighted by Crippen LogP contribution is 2.19. The van der Waals surface area contributed by atoms with Crippen molar-refractivity contribution in [3.8, 4) is 0 Å². The van der Waals surface area contributed by atoms with Crippen LogP contribution >= 0.6 is 11.8 Å². The van der Waals surface area contributed by atoms with Gasteiger partial charge in [0.1, 0.15) is 0 Å². The summed E-state index contributed by atoms with van der Waals surface area (Å²) in [5.41, 5.74) is 0. The Kier molecular flexibility index (Phi) is 6.11. The second kappa shape index (κ2) is 7.37. The molecular formula is C12H19NO3S. The Bertz CT molecular complexity index is 285. The van der Waals surface area contributed by atoms with Gasteiger partial charge in [-0.25, -0.2) is 0 Å². The maximum atomic E-state index is 11.8. The fourth-order valence-electron chi connectivity index (χ4n) is 1.85. The van der Waals surface area contributed by atoms with Crippen molar-refractivity contribution in [3.05, 3.63) is 12.7 Å². The summed E-state index contributed by atoms with van der Waals surface area (Å²) in [7, 11) is 1.41. The summed E-state index contributed by atoms with van der Waals surface area (Å²) in [5.74, 6) is 1.25. The molecule has 1 rings (SSSR count). The average Bonchev–Trinajstić information content (AvgIpc) is 2.38.